The molecule has 0 fully saturated rings. The molecule has 0 heterocycles. The quantitative estimate of drug-likeness (QED) is 0.566. The van der Waals surface area contributed by atoms with E-state index >= 15 is 0 Å². The molecule has 138 valence electrons. The Balaban J connectivity index is 1.89. The maximum atomic E-state index is 12.2. The van der Waals surface area contributed by atoms with Crippen LogP contribution >= 0.6 is 11.8 Å². The van der Waals surface area contributed by atoms with E-state index in [0.717, 1.165) is 17.0 Å². The topological polar surface area (TPSA) is 41.5 Å². The minimum atomic E-state index is -0.157. The minimum Gasteiger partial charge on any atom is -0.272 e. The average molecular weight is 369 g/mol. The zero-order valence-electron chi connectivity index (χ0n) is 16.2. The summed E-state index contributed by atoms with van der Waals surface area (Å²) >= 11 is 1.61. The summed E-state index contributed by atoms with van der Waals surface area (Å²) in [6.07, 6.45) is 0. The molecule has 3 nitrogen and oxygen atoms in total. The van der Waals surface area contributed by atoms with Crippen molar-refractivity contribution in [2.75, 3.05) is 0 Å². The van der Waals surface area contributed by atoms with Crippen LogP contribution in [0.25, 0.3) is 0 Å². The molecule has 1 N–H and O–H groups in total. The molecule has 0 bridgehead atoms. The maximum Gasteiger partial charge on any atom is 0.252 e. The van der Waals surface area contributed by atoms with Gasteiger partial charge in [-0.3, -0.25) is 4.79 Å². The molecule has 4 heteroatoms. The Kier molecular flexibility index (Phi) is 7.04. The molecule has 0 saturated heterocycles. The lowest BCUT2D eigenvalue weighted by Crippen LogP contribution is -2.27. The average Bonchev–Trinajstić information content (AvgIpc) is 2.64. The van der Waals surface area contributed by atoms with E-state index in [1.165, 1.54) is 11.1 Å². The Bertz CT molecular complexity index is 746. The van der Waals surface area contributed by atoms with Gasteiger partial charge in [-0.1, -0.05) is 75.4 Å². The van der Waals surface area contributed by atoms with Crippen LogP contribution in [0.3, 0.4) is 0 Å². The highest BCUT2D eigenvalue weighted by Gasteiger charge is 2.14. The van der Waals surface area contributed by atoms with Gasteiger partial charge in [0.2, 0.25) is 0 Å². The largest absolute Gasteiger partial charge is 0.272 e. The number of hydrogen-bond donors (Lipinski definition) is 1. The van der Waals surface area contributed by atoms with Crippen molar-refractivity contribution in [2.45, 2.75) is 51.0 Å². The molecular formula is C22H28N2OS. The van der Waals surface area contributed by atoms with Gasteiger partial charge in [-0.15, -0.1) is 11.8 Å². The zero-order valence-corrected chi connectivity index (χ0v) is 17.1. The zero-order chi connectivity index (χ0) is 19.2. The smallest absolute Gasteiger partial charge is 0.252 e. The number of amides is 1. The van der Waals surface area contributed by atoms with Crippen molar-refractivity contribution in [3.8, 4) is 0 Å². The third-order valence-corrected chi connectivity index (χ3v) is 5.43. The van der Waals surface area contributed by atoms with Crippen LogP contribution in [0.4, 0.5) is 0 Å². The van der Waals surface area contributed by atoms with Gasteiger partial charge in [0.25, 0.3) is 5.91 Å². The highest BCUT2D eigenvalue weighted by atomic mass is 32.2. The Morgan fingerprint density at radius 2 is 1.69 bits per heavy atom. The molecule has 0 radical (unpaired) electrons. The normalized spacial score (nSPS) is 13.3. The lowest BCUT2D eigenvalue weighted by Gasteiger charge is -2.19. The van der Waals surface area contributed by atoms with Crippen LogP contribution in [-0.4, -0.2) is 16.9 Å². The molecule has 0 aliphatic heterocycles. The van der Waals surface area contributed by atoms with E-state index in [4.69, 9.17) is 0 Å². The summed E-state index contributed by atoms with van der Waals surface area (Å²) in [5.41, 5.74) is 7.14. The predicted octanol–water partition coefficient (Wildman–Crippen LogP) is 5.15. The second-order valence-corrected chi connectivity index (χ2v) is 8.77. The molecule has 0 spiro atoms. The highest BCUT2D eigenvalue weighted by Crippen LogP contribution is 2.22. The van der Waals surface area contributed by atoms with Crippen molar-refractivity contribution in [1.82, 2.24) is 5.43 Å². The first-order chi connectivity index (χ1) is 12.3. The van der Waals surface area contributed by atoms with Crippen molar-refractivity contribution in [3.63, 3.8) is 0 Å². The fourth-order valence-electron chi connectivity index (χ4n) is 2.38. The molecule has 2 aromatic carbocycles. The van der Waals surface area contributed by atoms with E-state index in [0.29, 0.717) is 0 Å². The van der Waals surface area contributed by atoms with Crippen LogP contribution in [0.2, 0.25) is 0 Å². The van der Waals surface area contributed by atoms with Gasteiger partial charge in [0.05, 0.1) is 11.0 Å². The SMILES string of the molecule is CC(=NNC(=O)C(C)SCc1ccccc1)c1ccc(C(C)(C)C)cc1. The van der Waals surface area contributed by atoms with Gasteiger partial charge in [-0.2, -0.15) is 5.10 Å². The van der Waals surface area contributed by atoms with E-state index in [1.807, 2.05) is 32.0 Å². The van der Waals surface area contributed by atoms with E-state index in [9.17, 15) is 4.79 Å². The van der Waals surface area contributed by atoms with Crippen LogP contribution in [0, 0.1) is 0 Å². The van der Waals surface area contributed by atoms with Gasteiger partial charge >= 0.3 is 0 Å². The van der Waals surface area contributed by atoms with Gasteiger partial charge in [0, 0.05) is 5.75 Å². The summed E-state index contributed by atoms with van der Waals surface area (Å²) in [5, 5.41) is 4.11. The molecule has 1 amide bonds. The fourth-order valence-corrected chi connectivity index (χ4v) is 3.22. The Labute approximate surface area is 161 Å². The van der Waals surface area contributed by atoms with Crippen molar-refractivity contribution < 1.29 is 4.79 Å². The summed E-state index contributed by atoms with van der Waals surface area (Å²) < 4.78 is 0. The summed E-state index contributed by atoms with van der Waals surface area (Å²) in [6.45, 7) is 10.4. The van der Waals surface area contributed by atoms with Crippen molar-refractivity contribution >= 4 is 23.4 Å². The van der Waals surface area contributed by atoms with E-state index in [-0.39, 0.29) is 16.6 Å². The van der Waals surface area contributed by atoms with Crippen LogP contribution in [-0.2, 0) is 16.0 Å². The molecule has 0 aliphatic rings. The van der Waals surface area contributed by atoms with E-state index in [1.54, 1.807) is 11.8 Å². The number of rotatable bonds is 6. The molecule has 1 atom stereocenters. The molecule has 0 saturated carbocycles. The van der Waals surface area contributed by atoms with Crippen molar-refractivity contribution in [3.05, 3.63) is 71.3 Å². The second-order valence-electron chi connectivity index (χ2n) is 7.44. The van der Waals surface area contributed by atoms with Crippen LogP contribution in [0.1, 0.15) is 51.3 Å². The molecule has 26 heavy (non-hydrogen) atoms. The molecular weight excluding hydrogens is 340 g/mol. The summed E-state index contributed by atoms with van der Waals surface area (Å²) in [6, 6.07) is 18.5. The van der Waals surface area contributed by atoms with Gasteiger partial charge in [0.15, 0.2) is 0 Å². The fraction of sp³-hybridized carbons (Fsp3) is 0.364. The van der Waals surface area contributed by atoms with Crippen LogP contribution in [0.5, 0.6) is 0 Å². The Hall–Kier alpha value is -2.07. The molecule has 2 rings (SSSR count). The second kappa shape index (κ2) is 9.04. The highest BCUT2D eigenvalue weighted by molar-refractivity contribution is 7.99. The first-order valence-corrected chi connectivity index (χ1v) is 9.93. The first-order valence-electron chi connectivity index (χ1n) is 8.88. The Morgan fingerprint density at radius 3 is 2.27 bits per heavy atom. The maximum absolute atomic E-state index is 12.2. The standard InChI is InChI=1S/C22H28N2OS/c1-16(19-11-13-20(14-12-19)22(3,4)5)23-24-21(25)17(2)26-15-18-9-7-6-8-10-18/h6-14,17H,15H2,1-5H3,(H,24,25). The monoisotopic (exact) mass is 368 g/mol. The Morgan fingerprint density at radius 1 is 1.08 bits per heavy atom. The summed E-state index contributed by atoms with van der Waals surface area (Å²) in [5.74, 6) is 0.739. The number of hydrogen-bond acceptors (Lipinski definition) is 3. The van der Waals surface area contributed by atoms with Crippen molar-refractivity contribution in [2.24, 2.45) is 5.10 Å². The number of hydrazone groups is 1. The first kappa shape index (κ1) is 20.2. The van der Waals surface area contributed by atoms with Gasteiger partial charge in [-0.25, -0.2) is 5.43 Å². The number of thioether (sulfide) groups is 1. The van der Waals surface area contributed by atoms with Gasteiger partial charge < -0.3 is 0 Å². The number of benzene rings is 2. The molecule has 0 aliphatic carbocycles. The van der Waals surface area contributed by atoms with Crippen molar-refractivity contribution in [1.29, 1.82) is 0 Å². The number of nitrogens with one attached hydrogen (secondary N) is 1. The van der Waals surface area contributed by atoms with E-state index in [2.05, 4.69) is 67.7 Å². The number of carbonyl (C=O) groups is 1. The molecule has 0 aromatic heterocycles. The van der Waals surface area contributed by atoms with E-state index < -0.39 is 0 Å². The third-order valence-electron chi connectivity index (χ3n) is 4.21. The lowest BCUT2D eigenvalue weighted by atomic mass is 9.86. The summed E-state index contributed by atoms with van der Waals surface area (Å²) in [7, 11) is 0. The summed E-state index contributed by atoms with van der Waals surface area (Å²) in [4.78, 5) is 12.2. The van der Waals surface area contributed by atoms with Crippen LogP contribution < -0.4 is 5.43 Å². The minimum absolute atomic E-state index is 0.0726. The number of nitrogens with zero attached hydrogens (tertiary/aromatic N) is 1. The lowest BCUT2D eigenvalue weighted by molar-refractivity contribution is -0.120. The predicted molar refractivity (Wildman–Crippen MR) is 113 cm³/mol. The molecule has 1 unspecified atom stereocenters. The van der Waals surface area contributed by atoms with Gasteiger partial charge in [-0.05, 0) is 36.0 Å². The van der Waals surface area contributed by atoms with Gasteiger partial charge in [0.1, 0.15) is 0 Å². The van der Waals surface area contributed by atoms with Crippen LogP contribution in [0.15, 0.2) is 59.7 Å². The number of carbonyl (C=O) groups excluding carboxylic acids is 1. The molecule has 2 aromatic rings. The third kappa shape index (κ3) is 6.03.